The third-order valence-corrected chi connectivity index (χ3v) is 5.30. The molecule has 142 valence electrons. The van der Waals surface area contributed by atoms with Crippen molar-refractivity contribution < 1.29 is 22.4 Å². The van der Waals surface area contributed by atoms with Crippen molar-refractivity contribution in [2.45, 2.75) is 25.3 Å². The molecule has 0 saturated heterocycles. The molecule has 0 radical (unpaired) electrons. The van der Waals surface area contributed by atoms with E-state index in [-0.39, 0.29) is 28.3 Å². The Kier molecular flexibility index (Phi) is 5.04. The molecule has 2 aromatic carbocycles. The van der Waals surface area contributed by atoms with E-state index in [1.807, 2.05) is 0 Å². The Bertz CT molecular complexity index is 1160. The van der Waals surface area contributed by atoms with Crippen LogP contribution in [0.5, 0.6) is 0 Å². The summed E-state index contributed by atoms with van der Waals surface area (Å²) in [5, 5.41) is 0. The van der Waals surface area contributed by atoms with Gasteiger partial charge in [0.25, 0.3) is 10.0 Å². The zero-order valence-electron chi connectivity index (χ0n) is 14.8. The van der Waals surface area contributed by atoms with Gasteiger partial charge in [-0.1, -0.05) is 12.1 Å². The number of fused-ring (bicyclic) bond motifs is 1. The molecule has 3 rings (SSSR count). The summed E-state index contributed by atoms with van der Waals surface area (Å²) in [4.78, 5) is 23.7. The van der Waals surface area contributed by atoms with Crippen LogP contribution >= 0.6 is 0 Å². The number of oxazole rings is 1. The molecule has 8 nitrogen and oxygen atoms in total. The van der Waals surface area contributed by atoms with Gasteiger partial charge in [0.15, 0.2) is 5.58 Å². The maximum atomic E-state index is 12.7. The Balaban J connectivity index is 2.00. The summed E-state index contributed by atoms with van der Waals surface area (Å²) in [5.74, 6) is -1.18. The normalized spacial score (nSPS) is 11.5. The third-order valence-electron chi connectivity index (χ3n) is 3.93. The molecule has 3 aromatic rings. The second-order valence-electron chi connectivity index (χ2n) is 5.61. The Morgan fingerprint density at radius 3 is 2.63 bits per heavy atom. The Hall–Kier alpha value is -3.07. The minimum Gasteiger partial charge on any atom is -0.462 e. The van der Waals surface area contributed by atoms with Gasteiger partial charge in [-0.05, 0) is 38.1 Å². The number of sulfonamides is 1. The van der Waals surface area contributed by atoms with Gasteiger partial charge >= 0.3 is 11.7 Å². The number of para-hydroxylation sites is 1. The first-order valence-corrected chi connectivity index (χ1v) is 9.78. The number of hydrogen-bond acceptors (Lipinski definition) is 6. The number of hydrogen-bond donors (Lipinski definition) is 1. The van der Waals surface area contributed by atoms with E-state index in [2.05, 4.69) is 4.72 Å². The van der Waals surface area contributed by atoms with Crippen molar-refractivity contribution >= 4 is 32.8 Å². The van der Waals surface area contributed by atoms with Gasteiger partial charge in [0.05, 0.1) is 28.3 Å². The largest absolute Gasteiger partial charge is 0.462 e. The Morgan fingerprint density at radius 1 is 1.19 bits per heavy atom. The van der Waals surface area contributed by atoms with Gasteiger partial charge in [-0.3, -0.25) is 9.29 Å². The maximum absolute atomic E-state index is 12.7. The number of benzene rings is 2. The van der Waals surface area contributed by atoms with Crippen molar-refractivity contribution in [3.05, 3.63) is 58.6 Å². The van der Waals surface area contributed by atoms with Gasteiger partial charge in [-0.2, -0.15) is 0 Å². The van der Waals surface area contributed by atoms with Gasteiger partial charge in [-0.15, -0.1) is 0 Å². The fraction of sp³-hybridized carbons (Fsp3) is 0.222. The van der Waals surface area contributed by atoms with Crippen molar-refractivity contribution in [1.29, 1.82) is 0 Å². The summed E-state index contributed by atoms with van der Waals surface area (Å²) in [6, 6.07) is 10.3. The van der Waals surface area contributed by atoms with E-state index >= 15 is 0 Å². The molecule has 0 bridgehead atoms. The molecule has 27 heavy (non-hydrogen) atoms. The molecule has 0 aliphatic rings. The lowest BCUT2D eigenvalue weighted by Gasteiger charge is -2.12. The monoisotopic (exact) mass is 390 g/mol. The van der Waals surface area contributed by atoms with Crippen molar-refractivity contribution in [2.24, 2.45) is 0 Å². The first-order chi connectivity index (χ1) is 12.9. The lowest BCUT2D eigenvalue weighted by Crippen LogP contribution is -2.16. The van der Waals surface area contributed by atoms with Gasteiger partial charge in [0.2, 0.25) is 0 Å². The standard InChI is InChI=1S/C18H18N2O6S/c1-3-20-15-10-9-12(11-16(15)26-18(20)22)27(23,24)19-14-8-6-5-7-13(14)17(21)25-4-2/h5-11,19H,3-4H2,1-2H3. The molecule has 0 aliphatic carbocycles. The number of nitrogens with one attached hydrogen (secondary N) is 1. The number of aryl methyl sites for hydroxylation is 1. The van der Waals surface area contributed by atoms with Crippen LogP contribution in [0, 0.1) is 0 Å². The van der Waals surface area contributed by atoms with Crippen molar-refractivity contribution in [3.8, 4) is 0 Å². The van der Waals surface area contributed by atoms with E-state index in [9.17, 15) is 18.0 Å². The van der Waals surface area contributed by atoms with Crippen LogP contribution in [0.4, 0.5) is 5.69 Å². The Labute approximate surface area is 155 Å². The number of ether oxygens (including phenoxy) is 1. The van der Waals surface area contributed by atoms with E-state index < -0.39 is 21.7 Å². The van der Waals surface area contributed by atoms with Crippen molar-refractivity contribution in [2.75, 3.05) is 11.3 Å². The summed E-state index contributed by atoms with van der Waals surface area (Å²) >= 11 is 0. The molecule has 0 aliphatic heterocycles. The molecule has 0 unspecified atom stereocenters. The fourth-order valence-electron chi connectivity index (χ4n) is 2.68. The van der Waals surface area contributed by atoms with Crippen LogP contribution in [0.1, 0.15) is 24.2 Å². The Morgan fingerprint density at radius 2 is 1.93 bits per heavy atom. The molecule has 9 heteroatoms. The molecule has 0 amide bonds. The van der Waals surface area contributed by atoms with E-state index in [0.29, 0.717) is 12.1 Å². The number of carbonyl (C=O) groups is 1. The maximum Gasteiger partial charge on any atom is 0.419 e. The van der Waals surface area contributed by atoms with Crippen molar-refractivity contribution in [1.82, 2.24) is 4.57 Å². The van der Waals surface area contributed by atoms with Crippen LogP contribution in [-0.2, 0) is 21.3 Å². The van der Waals surface area contributed by atoms with Crippen LogP contribution in [0.15, 0.2) is 56.6 Å². The molecular formula is C18H18N2O6S. The predicted molar refractivity (Wildman–Crippen MR) is 99.4 cm³/mol. The zero-order valence-corrected chi connectivity index (χ0v) is 15.6. The summed E-state index contributed by atoms with van der Waals surface area (Å²) < 4.78 is 39.3. The van der Waals surface area contributed by atoms with Gasteiger partial charge in [0, 0.05) is 12.6 Å². The average Bonchev–Trinajstić information content (AvgIpc) is 2.96. The van der Waals surface area contributed by atoms with E-state index in [1.54, 1.807) is 26.0 Å². The van der Waals surface area contributed by atoms with E-state index in [0.717, 1.165) is 0 Å². The molecule has 1 N–H and O–H groups in total. The van der Waals surface area contributed by atoms with Crippen LogP contribution in [-0.4, -0.2) is 25.6 Å². The SMILES string of the molecule is CCOC(=O)c1ccccc1NS(=O)(=O)c1ccc2c(c1)oc(=O)n2CC. The summed E-state index contributed by atoms with van der Waals surface area (Å²) in [5.41, 5.74) is 0.882. The molecule has 0 saturated carbocycles. The third kappa shape index (κ3) is 3.59. The lowest BCUT2D eigenvalue weighted by molar-refractivity contribution is 0.0527. The number of esters is 1. The lowest BCUT2D eigenvalue weighted by atomic mass is 10.2. The second kappa shape index (κ2) is 7.28. The highest BCUT2D eigenvalue weighted by atomic mass is 32.2. The first-order valence-electron chi connectivity index (χ1n) is 8.29. The molecule has 1 heterocycles. The number of nitrogens with zero attached hydrogens (tertiary/aromatic N) is 1. The fourth-order valence-corrected chi connectivity index (χ4v) is 3.77. The molecule has 0 atom stereocenters. The smallest absolute Gasteiger partial charge is 0.419 e. The second-order valence-corrected chi connectivity index (χ2v) is 7.30. The zero-order chi connectivity index (χ0) is 19.6. The first kappa shape index (κ1) is 18.7. The van der Waals surface area contributed by atoms with Crippen LogP contribution in [0.25, 0.3) is 11.1 Å². The van der Waals surface area contributed by atoms with E-state index in [1.165, 1.54) is 34.9 Å². The van der Waals surface area contributed by atoms with Crippen molar-refractivity contribution in [3.63, 3.8) is 0 Å². The highest BCUT2D eigenvalue weighted by Gasteiger charge is 2.21. The van der Waals surface area contributed by atoms with Gasteiger partial charge < -0.3 is 9.15 Å². The quantitative estimate of drug-likeness (QED) is 0.648. The molecular weight excluding hydrogens is 372 g/mol. The highest BCUT2D eigenvalue weighted by molar-refractivity contribution is 7.92. The summed E-state index contributed by atoms with van der Waals surface area (Å²) in [6.07, 6.45) is 0. The number of anilines is 1. The highest BCUT2D eigenvalue weighted by Crippen LogP contribution is 2.23. The molecule has 0 fully saturated rings. The topological polar surface area (TPSA) is 108 Å². The van der Waals surface area contributed by atoms with Gasteiger partial charge in [-0.25, -0.2) is 18.0 Å². The van der Waals surface area contributed by atoms with Crippen LogP contribution in [0.2, 0.25) is 0 Å². The number of aromatic nitrogens is 1. The van der Waals surface area contributed by atoms with Crippen LogP contribution in [0.3, 0.4) is 0 Å². The van der Waals surface area contributed by atoms with Crippen LogP contribution < -0.4 is 10.5 Å². The summed E-state index contributed by atoms with van der Waals surface area (Å²) in [6.45, 7) is 4.03. The van der Waals surface area contributed by atoms with Gasteiger partial charge in [0.1, 0.15) is 0 Å². The molecule has 1 aromatic heterocycles. The minimum atomic E-state index is -4.02. The van der Waals surface area contributed by atoms with E-state index in [4.69, 9.17) is 9.15 Å². The predicted octanol–water partition coefficient (Wildman–Crippen LogP) is 2.59. The number of rotatable bonds is 6. The number of carbonyl (C=O) groups excluding carboxylic acids is 1. The average molecular weight is 390 g/mol. The minimum absolute atomic E-state index is 0.0920. The molecule has 0 spiro atoms. The summed E-state index contributed by atoms with van der Waals surface area (Å²) in [7, 11) is -4.02.